The first kappa shape index (κ1) is 8.38. The molecular formula is C8H13NO2S. The Hall–Kier alpha value is -0.220. The van der Waals surface area contributed by atoms with Crippen LogP contribution in [0.3, 0.4) is 0 Å². The van der Waals surface area contributed by atoms with Gasteiger partial charge in [0, 0.05) is 24.3 Å². The summed E-state index contributed by atoms with van der Waals surface area (Å²) in [5, 5.41) is 0.0593. The van der Waals surface area contributed by atoms with Gasteiger partial charge in [-0.1, -0.05) is 0 Å². The van der Waals surface area contributed by atoms with Gasteiger partial charge in [-0.3, -0.25) is 4.90 Å². The van der Waals surface area contributed by atoms with Crippen molar-refractivity contribution < 1.29 is 9.35 Å². The Labute approximate surface area is 75.3 Å². The largest absolute Gasteiger partial charge is 0.607 e. The smallest absolute Gasteiger partial charge is 0.429 e. The molecule has 2 rings (SSSR count). The van der Waals surface area contributed by atoms with Gasteiger partial charge >= 0.3 is 5.24 Å². The van der Waals surface area contributed by atoms with Crippen molar-refractivity contribution in [2.75, 3.05) is 13.1 Å². The van der Waals surface area contributed by atoms with Crippen molar-refractivity contribution in [3.05, 3.63) is 0 Å². The average Bonchev–Trinajstić information content (AvgIpc) is 1.79. The number of nitrogens with zero attached hydrogens (tertiary/aromatic N) is 1. The number of carbonyl (C=O) groups excluding carboxylic acids is 1. The molecule has 1 saturated heterocycles. The normalized spacial score (nSPS) is 25.9. The lowest BCUT2D eigenvalue weighted by Crippen LogP contribution is -2.48. The van der Waals surface area contributed by atoms with Gasteiger partial charge in [-0.15, -0.1) is 0 Å². The molecule has 68 valence electrons. The maximum absolute atomic E-state index is 11.5. The van der Waals surface area contributed by atoms with Crippen LogP contribution in [0, 0.1) is 0 Å². The van der Waals surface area contributed by atoms with Crippen molar-refractivity contribution in [1.82, 2.24) is 4.90 Å². The van der Waals surface area contributed by atoms with Crippen LogP contribution < -0.4 is 0 Å². The number of rotatable bonds is 1. The van der Waals surface area contributed by atoms with Gasteiger partial charge in [-0.2, -0.15) is 0 Å². The summed E-state index contributed by atoms with van der Waals surface area (Å²) in [6.45, 7) is 1.63. The molecule has 0 aromatic rings. The molecule has 4 heteroatoms. The minimum absolute atomic E-state index is 0.119. The fourth-order valence-electron chi connectivity index (χ4n) is 1.35. The highest BCUT2D eigenvalue weighted by Gasteiger charge is 2.39. The van der Waals surface area contributed by atoms with Crippen LogP contribution in [0.2, 0.25) is 0 Å². The Morgan fingerprint density at radius 3 is 2.33 bits per heavy atom. The molecule has 1 heterocycles. The fourth-order valence-corrected chi connectivity index (χ4v) is 2.84. The number of carbonyl (C=O) groups is 1. The number of hydrogen-bond acceptors (Lipinski definition) is 2. The number of amides is 1. The third-order valence-corrected chi connectivity index (χ3v) is 4.32. The van der Waals surface area contributed by atoms with Crippen molar-refractivity contribution >= 4 is 16.4 Å². The van der Waals surface area contributed by atoms with Crippen LogP contribution in [0.4, 0.5) is 4.79 Å². The first-order chi connectivity index (χ1) is 5.79. The van der Waals surface area contributed by atoms with Crippen LogP contribution in [-0.2, 0) is 11.2 Å². The summed E-state index contributed by atoms with van der Waals surface area (Å²) in [7, 11) is 0. The van der Waals surface area contributed by atoms with E-state index in [9.17, 15) is 9.35 Å². The molecule has 0 N–H and O–H groups in total. The molecule has 3 nitrogen and oxygen atoms in total. The maximum Gasteiger partial charge on any atom is 0.429 e. The van der Waals surface area contributed by atoms with Gasteiger partial charge in [-0.05, 0) is 25.7 Å². The summed E-state index contributed by atoms with van der Waals surface area (Å²) < 4.78 is 11.5. The van der Waals surface area contributed by atoms with Crippen molar-refractivity contribution in [1.29, 1.82) is 0 Å². The Morgan fingerprint density at radius 2 is 2.00 bits per heavy atom. The molecule has 0 radical (unpaired) electrons. The molecular weight excluding hydrogens is 174 g/mol. The predicted molar refractivity (Wildman–Crippen MR) is 47.4 cm³/mol. The first-order valence-electron chi connectivity index (χ1n) is 4.48. The molecule has 0 bridgehead atoms. The highest BCUT2D eigenvalue weighted by Crippen LogP contribution is 2.28. The van der Waals surface area contributed by atoms with E-state index in [2.05, 4.69) is 0 Å². The molecule has 0 aromatic carbocycles. The highest BCUT2D eigenvalue weighted by molar-refractivity contribution is 8.06. The average molecular weight is 187 g/mol. The molecule has 1 aliphatic carbocycles. The van der Waals surface area contributed by atoms with Gasteiger partial charge in [-0.25, -0.2) is 4.79 Å². The number of hydrogen-bond donors (Lipinski definition) is 0. The van der Waals surface area contributed by atoms with Gasteiger partial charge < -0.3 is 4.55 Å². The molecule has 2 fully saturated rings. The second-order valence-corrected chi connectivity index (χ2v) is 5.07. The Balaban J connectivity index is 1.84. The van der Waals surface area contributed by atoms with E-state index in [0.717, 1.165) is 38.8 Å². The van der Waals surface area contributed by atoms with Gasteiger partial charge in [0.25, 0.3) is 0 Å². The molecule has 0 aromatic heterocycles. The molecule has 1 saturated carbocycles. The lowest BCUT2D eigenvalue weighted by molar-refractivity contribution is 0.189. The van der Waals surface area contributed by atoms with Gasteiger partial charge in [0.1, 0.15) is 5.25 Å². The van der Waals surface area contributed by atoms with E-state index in [1.54, 1.807) is 4.90 Å². The van der Waals surface area contributed by atoms with E-state index in [1.807, 2.05) is 0 Å². The van der Waals surface area contributed by atoms with Crippen LogP contribution in [-0.4, -0.2) is 33.0 Å². The maximum atomic E-state index is 11.5. The highest BCUT2D eigenvalue weighted by atomic mass is 32.2. The van der Waals surface area contributed by atoms with E-state index in [0.29, 0.717) is 0 Å². The zero-order valence-corrected chi connectivity index (χ0v) is 7.81. The van der Waals surface area contributed by atoms with Crippen molar-refractivity contribution in [2.24, 2.45) is 0 Å². The van der Waals surface area contributed by atoms with Crippen molar-refractivity contribution in [2.45, 2.75) is 30.9 Å². The summed E-state index contributed by atoms with van der Waals surface area (Å²) >= 11 is -1.21. The predicted octanol–water partition coefficient (Wildman–Crippen LogP) is 1.11. The Bertz CT molecular complexity index is 189. The number of likely N-dealkylation sites (tertiary alicyclic amines) is 1. The molecule has 0 spiro atoms. The first-order valence-corrected chi connectivity index (χ1v) is 5.70. The van der Waals surface area contributed by atoms with Crippen molar-refractivity contribution in [3.8, 4) is 0 Å². The van der Waals surface area contributed by atoms with E-state index in [-0.39, 0.29) is 10.5 Å². The molecule has 1 unspecified atom stereocenters. The fraction of sp³-hybridized carbons (Fsp3) is 0.875. The zero-order chi connectivity index (χ0) is 8.55. The van der Waals surface area contributed by atoms with Crippen molar-refractivity contribution in [3.63, 3.8) is 0 Å². The summed E-state index contributed by atoms with van der Waals surface area (Å²) in [4.78, 5) is 13.1. The molecule has 2 aliphatic rings. The quantitative estimate of drug-likeness (QED) is 0.577. The van der Waals surface area contributed by atoms with E-state index in [1.165, 1.54) is 0 Å². The molecule has 12 heavy (non-hydrogen) atoms. The zero-order valence-electron chi connectivity index (χ0n) is 6.99. The third-order valence-electron chi connectivity index (χ3n) is 2.64. The van der Waals surface area contributed by atoms with Gasteiger partial charge in [0.2, 0.25) is 0 Å². The summed E-state index contributed by atoms with van der Waals surface area (Å²) in [6, 6.07) is 0. The Morgan fingerprint density at radius 1 is 1.33 bits per heavy atom. The summed E-state index contributed by atoms with van der Waals surface area (Å²) in [5.41, 5.74) is 0. The van der Waals surface area contributed by atoms with Crippen LogP contribution in [0.1, 0.15) is 25.7 Å². The van der Waals surface area contributed by atoms with Crippen LogP contribution in [0.5, 0.6) is 0 Å². The minimum Gasteiger partial charge on any atom is -0.607 e. The monoisotopic (exact) mass is 187 g/mol. The SMILES string of the molecule is O=C(N1CCC1)[S+]([O-])C1CCC1. The topological polar surface area (TPSA) is 43.4 Å². The standard InChI is InChI=1S/C8H13NO2S/c10-8(9-5-2-6-9)12(11)7-3-1-4-7/h7H,1-6H2. The van der Waals surface area contributed by atoms with Crippen LogP contribution in [0.15, 0.2) is 0 Å². The second kappa shape index (κ2) is 3.26. The minimum atomic E-state index is -1.21. The summed E-state index contributed by atoms with van der Waals surface area (Å²) in [6.07, 6.45) is 4.18. The van der Waals surface area contributed by atoms with Gasteiger partial charge in [0.05, 0.1) is 0 Å². The van der Waals surface area contributed by atoms with E-state index in [4.69, 9.17) is 0 Å². The van der Waals surface area contributed by atoms with Crippen LogP contribution in [0.25, 0.3) is 0 Å². The Kier molecular flexibility index (Phi) is 2.28. The molecule has 1 atom stereocenters. The van der Waals surface area contributed by atoms with E-state index < -0.39 is 11.2 Å². The lowest BCUT2D eigenvalue weighted by Gasteiger charge is -2.34. The second-order valence-electron chi connectivity index (χ2n) is 3.46. The van der Waals surface area contributed by atoms with Gasteiger partial charge in [0.15, 0.2) is 0 Å². The molecule has 1 aliphatic heterocycles. The third kappa shape index (κ3) is 1.33. The lowest BCUT2D eigenvalue weighted by atomic mass is 10.0. The molecule has 1 amide bonds. The summed E-state index contributed by atoms with van der Waals surface area (Å²) in [5.74, 6) is 0. The van der Waals surface area contributed by atoms with E-state index >= 15 is 0 Å². The van der Waals surface area contributed by atoms with Crippen LogP contribution >= 0.6 is 0 Å².